The third-order valence-corrected chi connectivity index (χ3v) is 3.98. The Balaban J connectivity index is 1.64. The summed E-state index contributed by atoms with van der Waals surface area (Å²) in [7, 11) is 0. The standard InChI is InChI=1S/C20H21N3OS/c1-20(2,3)24-17-11-7-8-15(12-17)13-21-23-19-22-18(14-25-19)16-9-5-4-6-10-16/h4-14H,1-3H3,(H,22,23). The molecule has 4 nitrogen and oxygen atoms in total. The molecule has 0 spiro atoms. The van der Waals surface area contributed by atoms with Gasteiger partial charge in [-0.05, 0) is 38.5 Å². The van der Waals surface area contributed by atoms with Crippen LogP contribution >= 0.6 is 11.3 Å². The molecule has 0 amide bonds. The van der Waals surface area contributed by atoms with Crippen molar-refractivity contribution < 1.29 is 4.74 Å². The van der Waals surface area contributed by atoms with Crippen molar-refractivity contribution in [1.82, 2.24) is 4.98 Å². The number of thiazole rings is 1. The van der Waals surface area contributed by atoms with E-state index in [1.807, 2.05) is 80.7 Å². The van der Waals surface area contributed by atoms with Gasteiger partial charge in [0.05, 0.1) is 11.9 Å². The highest BCUT2D eigenvalue weighted by Gasteiger charge is 2.11. The van der Waals surface area contributed by atoms with Crippen molar-refractivity contribution in [3.8, 4) is 17.0 Å². The van der Waals surface area contributed by atoms with E-state index < -0.39 is 0 Å². The van der Waals surface area contributed by atoms with Gasteiger partial charge in [0.25, 0.3) is 0 Å². The number of ether oxygens (including phenoxy) is 1. The highest BCUT2D eigenvalue weighted by Crippen LogP contribution is 2.24. The number of aromatic nitrogens is 1. The van der Waals surface area contributed by atoms with Crippen LogP contribution in [0.4, 0.5) is 5.13 Å². The zero-order valence-electron chi connectivity index (χ0n) is 14.6. The van der Waals surface area contributed by atoms with E-state index in [0.29, 0.717) is 0 Å². The molecule has 3 rings (SSSR count). The average molecular weight is 351 g/mol. The Morgan fingerprint density at radius 1 is 1.08 bits per heavy atom. The largest absolute Gasteiger partial charge is 0.488 e. The molecule has 0 aliphatic carbocycles. The van der Waals surface area contributed by atoms with E-state index in [9.17, 15) is 0 Å². The van der Waals surface area contributed by atoms with E-state index in [0.717, 1.165) is 27.7 Å². The second-order valence-electron chi connectivity index (χ2n) is 6.56. The third kappa shape index (κ3) is 5.16. The Labute approximate surface area is 152 Å². The number of nitrogens with one attached hydrogen (secondary N) is 1. The molecule has 2 aromatic carbocycles. The lowest BCUT2D eigenvalue weighted by Crippen LogP contribution is -2.22. The molecule has 0 fully saturated rings. The lowest BCUT2D eigenvalue weighted by atomic mass is 10.2. The van der Waals surface area contributed by atoms with Gasteiger partial charge in [-0.3, -0.25) is 5.43 Å². The number of benzene rings is 2. The summed E-state index contributed by atoms with van der Waals surface area (Å²) < 4.78 is 5.87. The Bertz CT molecular complexity index is 851. The van der Waals surface area contributed by atoms with Gasteiger partial charge in [-0.2, -0.15) is 5.10 Å². The van der Waals surface area contributed by atoms with E-state index in [-0.39, 0.29) is 5.60 Å². The molecule has 0 saturated heterocycles. The predicted octanol–water partition coefficient (Wildman–Crippen LogP) is 5.43. The molecule has 128 valence electrons. The van der Waals surface area contributed by atoms with Gasteiger partial charge < -0.3 is 4.74 Å². The molecule has 0 bridgehead atoms. The van der Waals surface area contributed by atoms with Gasteiger partial charge >= 0.3 is 0 Å². The first kappa shape index (κ1) is 17.2. The molecule has 0 saturated carbocycles. The second-order valence-corrected chi connectivity index (χ2v) is 7.42. The topological polar surface area (TPSA) is 46.5 Å². The lowest BCUT2D eigenvalue weighted by Gasteiger charge is -2.21. The van der Waals surface area contributed by atoms with Gasteiger partial charge in [-0.15, -0.1) is 11.3 Å². The molecule has 0 atom stereocenters. The summed E-state index contributed by atoms with van der Waals surface area (Å²) in [6, 6.07) is 18.0. The molecule has 3 aromatic rings. The Morgan fingerprint density at radius 2 is 1.88 bits per heavy atom. The summed E-state index contributed by atoms with van der Waals surface area (Å²) in [6.07, 6.45) is 1.76. The minimum Gasteiger partial charge on any atom is -0.488 e. The molecule has 1 aromatic heterocycles. The zero-order valence-corrected chi connectivity index (χ0v) is 15.4. The summed E-state index contributed by atoms with van der Waals surface area (Å²) in [5.74, 6) is 0.831. The van der Waals surface area contributed by atoms with Gasteiger partial charge in [0.1, 0.15) is 11.4 Å². The van der Waals surface area contributed by atoms with Crippen LogP contribution in [0.3, 0.4) is 0 Å². The summed E-state index contributed by atoms with van der Waals surface area (Å²) >= 11 is 1.53. The Kier molecular flexibility index (Phi) is 5.14. The fraction of sp³-hybridized carbons (Fsp3) is 0.200. The van der Waals surface area contributed by atoms with Crippen LogP contribution in [0.15, 0.2) is 65.1 Å². The van der Waals surface area contributed by atoms with Crippen molar-refractivity contribution in [3.63, 3.8) is 0 Å². The lowest BCUT2D eigenvalue weighted by molar-refractivity contribution is 0.131. The minimum absolute atomic E-state index is 0.220. The number of hydrazone groups is 1. The van der Waals surface area contributed by atoms with Crippen molar-refractivity contribution >= 4 is 22.7 Å². The summed E-state index contributed by atoms with van der Waals surface area (Å²) in [5.41, 5.74) is 5.78. The van der Waals surface area contributed by atoms with Crippen molar-refractivity contribution in [2.24, 2.45) is 5.10 Å². The van der Waals surface area contributed by atoms with E-state index in [2.05, 4.69) is 15.5 Å². The molecule has 25 heavy (non-hydrogen) atoms. The molecule has 1 N–H and O–H groups in total. The molecule has 0 aliphatic heterocycles. The fourth-order valence-corrected chi connectivity index (χ4v) is 2.91. The van der Waals surface area contributed by atoms with Crippen molar-refractivity contribution in [2.45, 2.75) is 26.4 Å². The number of anilines is 1. The second kappa shape index (κ2) is 7.49. The molecule has 0 radical (unpaired) electrons. The third-order valence-electron chi connectivity index (χ3n) is 3.23. The Morgan fingerprint density at radius 3 is 2.64 bits per heavy atom. The number of rotatable bonds is 5. The van der Waals surface area contributed by atoms with Gasteiger partial charge in [-0.1, -0.05) is 42.5 Å². The maximum Gasteiger partial charge on any atom is 0.203 e. The van der Waals surface area contributed by atoms with Crippen molar-refractivity contribution in [2.75, 3.05) is 5.43 Å². The predicted molar refractivity (Wildman–Crippen MR) is 106 cm³/mol. The average Bonchev–Trinajstić information content (AvgIpc) is 3.03. The van der Waals surface area contributed by atoms with E-state index in [4.69, 9.17) is 4.74 Å². The zero-order chi connectivity index (χ0) is 17.7. The van der Waals surface area contributed by atoms with Crippen LogP contribution in [0.2, 0.25) is 0 Å². The highest BCUT2D eigenvalue weighted by atomic mass is 32.1. The minimum atomic E-state index is -0.220. The number of hydrogen-bond acceptors (Lipinski definition) is 5. The first-order valence-corrected chi connectivity index (χ1v) is 8.97. The number of hydrogen-bond donors (Lipinski definition) is 1. The molecule has 0 aliphatic rings. The summed E-state index contributed by atoms with van der Waals surface area (Å²) in [5, 5.41) is 7.05. The van der Waals surface area contributed by atoms with E-state index >= 15 is 0 Å². The molecule has 5 heteroatoms. The van der Waals surface area contributed by atoms with Crippen LogP contribution in [0, 0.1) is 0 Å². The van der Waals surface area contributed by atoms with Gasteiger partial charge in [0, 0.05) is 10.9 Å². The summed E-state index contributed by atoms with van der Waals surface area (Å²) in [4.78, 5) is 4.55. The van der Waals surface area contributed by atoms with Crippen LogP contribution in [0.1, 0.15) is 26.3 Å². The van der Waals surface area contributed by atoms with Gasteiger partial charge in [0.15, 0.2) is 0 Å². The first-order chi connectivity index (χ1) is 12.0. The number of nitrogens with zero attached hydrogens (tertiary/aromatic N) is 2. The monoisotopic (exact) mass is 351 g/mol. The summed E-state index contributed by atoms with van der Waals surface area (Å²) in [6.45, 7) is 6.09. The van der Waals surface area contributed by atoms with E-state index in [1.165, 1.54) is 11.3 Å². The van der Waals surface area contributed by atoms with Crippen LogP contribution in [-0.2, 0) is 0 Å². The molecule has 0 unspecified atom stereocenters. The van der Waals surface area contributed by atoms with E-state index in [1.54, 1.807) is 6.21 Å². The maximum atomic E-state index is 5.87. The molecular formula is C20H21N3OS. The maximum absolute atomic E-state index is 5.87. The quantitative estimate of drug-likeness (QED) is 0.492. The van der Waals surface area contributed by atoms with Crippen LogP contribution in [-0.4, -0.2) is 16.8 Å². The Hall–Kier alpha value is -2.66. The fourth-order valence-electron chi connectivity index (χ4n) is 2.24. The van der Waals surface area contributed by atoms with Crippen LogP contribution in [0.5, 0.6) is 5.75 Å². The van der Waals surface area contributed by atoms with Gasteiger partial charge in [-0.25, -0.2) is 4.98 Å². The smallest absolute Gasteiger partial charge is 0.203 e. The molecule has 1 heterocycles. The first-order valence-electron chi connectivity index (χ1n) is 8.09. The normalized spacial score (nSPS) is 11.6. The van der Waals surface area contributed by atoms with Gasteiger partial charge in [0.2, 0.25) is 5.13 Å². The SMILES string of the molecule is CC(C)(C)Oc1cccc(C=NNc2nc(-c3ccccc3)cs2)c1. The van der Waals surface area contributed by atoms with Crippen molar-refractivity contribution in [1.29, 1.82) is 0 Å². The highest BCUT2D eigenvalue weighted by molar-refractivity contribution is 7.14. The van der Waals surface area contributed by atoms with Crippen LogP contribution < -0.4 is 10.2 Å². The van der Waals surface area contributed by atoms with Crippen molar-refractivity contribution in [3.05, 3.63) is 65.5 Å². The van der Waals surface area contributed by atoms with Crippen LogP contribution in [0.25, 0.3) is 11.3 Å². The molecular weight excluding hydrogens is 330 g/mol.